The zero-order valence-electron chi connectivity index (χ0n) is 18.3. The number of amides is 1. The highest BCUT2D eigenvalue weighted by molar-refractivity contribution is 6.37. The van der Waals surface area contributed by atoms with Gasteiger partial charge in [-0.1, -0.05) is 48.5 Å². The van der Waals surface area contributed by atoms with Gasteiger partial charge in [0.15, 0.2) is 0 Å². The molecule has 3 aromatic carbocycles. The average molecular weight is 428 g/mol. The third-order valence-electron chi connectivity index (χ3n) is 5.22. The van der Waals surface area contributed by atoms with Gasteiger partial charge in [0.25, 0.3) is 5.91 Å². The van der Waals surface area contributed by atoms with Gasteiger partial charge in [-0.25, -0.2) is 4.79 Å². The number of rotatable bonds is 6. The SMILES string of the molecule is COC(=O)c1ccc2c(c1)NC(=O)/C2=C(\Nc1ccc(CN(C)C)cc1)c1ccccc1. The molecule has 32 heavy (non-hydrogen) atoms. The molecule has 2 N–H and O–H groups in total. The summed E-state index contributed by atoms with van der Waals surface area (Å²) in [6, 6.07) is 23.0. The van der Waals surface area contributed by atoms with Crippen LogP contribution < -0.4 is 10.6 Å². The van der Waals surface area contributed by atoms with Crippen molar-refractivity contribution in [2.45, 2.75) is 6.54 Å². The van der Waals surface area contributed by atoms with Gasteiger partial charge in [0.05, 0.1) is 29.6 Å². The fourth-order valence-electron chi connectivity index (χ4n) is 3.75. The zero-order chi connectivity index (χ0) is 22.7. The number of anilines is 2. The van der Waals surface area contributed by atoms with Crippen LogP contribution in [0.15, 0.2) is 72.8 Å². The minimum absolute atomic E-state index is 0.224. The van der Waals surface area contributed by atoms with Crippen LogP contribution in [0.25, 0.3) is 11.3 Å². The molecular weight excluding hydrogens is 402 g/mol. The Morgan fingerprint density at radius 3 is 2.34 bits per heavy atom. The van der Waals surface area contributed by atoms with Crippen molar-refractivity contribution in [3.63, 3.8) is 0 Å². The molecule has 0 saturated carbocycles. The first-order valence-electron chi connectivity index (χ1n) is 10.3. The van der Waals surface area contributed by atoms with Crippen molar-refractivity contribution in [2.75, 3.05) is 31.8 Å². The van der Waals surface area contributed by atoms with Crippen molar-refractivity contribution in [3.05, 3.63) is 95.1 Å². The van der Waals surface area contributed by atoms with Crippen molar-refractivity contribution < 1.29 is 14.3 Å². The first-order valence-corrected chi connectivity index (χ1v) is 10.3. The molecule has 1 heterocycles. The minimum Gasteiger partial charge on any atom is -0.465 e. The molecule has 1 aliphatic heterocycles. The Balaban J connectivity index is 1.78. The highest BCUT2D eigenvalue weighted by atomic mass is 16.5. The number of fused-ring (bicyclic) bond motifs is 1. The largest absolute Gasteiger partial charge is 0.465 e. The van der Waals surface area contributed by atoms with Crippen LogP contribution in [0, 0.1) is 0 Å². The number of ether oxygens (including phenoxy) is 1. The van der Waals surface area contributed by atoms with Crippen molar-refractivity contribution >= 4 is 34.5 Å². The summed E-state index contributed by atoms with van der Waals surface area (Å²) in [7, 11) is 5.40. The van der Waals surface area contributed by atoms with Gasteiger partial charge >= 0.3 is 5.97 Å². The molecule has 4 rings (SSSR count). The third kappa shape index (κ3) is 4.40. The Hall–Kier alpha value is -3.90. The van der Waals surface area contributed by atoms with E-state index in [0.717, 1.165) is 23.4 Å². The summed E-state index contributed by atoms with van der Waals surface area (Å²) in [5, 5.41) is 6.33. The number of carbonyl (C=O) groups excluding carboxylic acids is 2. The van der Waals surface area contributed by atoms with Crippen LogP contribution in [0.1, 0.15) is 27.0 Å². The first kappa shape index (κ1) is 21.3. The summed E-state index contributed by atoms with van der Waals surface area (Å²) in [5.74, 6) is -0.670. The maximum atomic E-state index is 13.0. The number of nitrogens with one attached hydrogen (secondary N) is 2. The van der Waals surface area contributed by atoms with Crippen molar-refractivity contribution in [1.82, 2.24) is 4.90 Å². The second-order valence-electron chi connectivity index (χ2n) is 7.88. The standard InChI is InChI=1S/C26H25N3O3/c1-29(2)16-17-9-12-20(13-10-17)27-24(18-7-5-4-6-8-18)23-21-14-11-19(26(31)32-3)15-22(21)28-25(23)30/h4-15,27H,16H2,1-3H3,(H,28,30)/b24-23-. The number of methoxy groups -OCH3 is 1. The summed E-state index contributed by atoms with van der Waals surface area (Å²) in [6.45, 7) is 0.852. The molecule has 0 atom stereocenters. The van der Waals surface area contributed by atoms with E-state index in [0.29, 0.717) is 22.5 Å². The van der Waals surface area contributed by atoms with Crippen LogP contribution in [0.5, 0.6) is 0 Å². The van der Waals surface area contributed by atoms with E-state index < -0.39 is 5.97 Å². The predicted octanol–water partition coefficient (Wildman–Crippen LogP) is 4.47. The summed E-state index contributed by atoms with van der Waals surface area (Å²) < 4.78 is 4.80. The summed E-state index contributed by atoms with van der Waals surface area (Å²) in [4.78, 5) is 27.0. The van der Waals surface area contributed by atoms with E-state index in [1.165, 1.54) is 12.7 Å². The molecule has 162 valence electrons. The number of nitrogens with zero attached hydrogens (tertiary/aromatic N) is 1. The normalized spacial score (nSPS) is 14.1. The lowest BCUT2D eigenvalue weighted by Crippen LogP contribution is -2.11. The smallest absolute Gasteiger partial charge is 0.337 e. The Labute approximate surface area is 187 Å². The molecular formula is C26H25N3O3. The van der Waals surface area contributed by atoms with Gasteiger partial charge in [-0.2, -0.15) is 0 Å². The molecule has 0 bridgehead atoms. The Morgan fingerprint density at radius 1 is 0.969 bits per heavy atom. The molecule has 0 aliphatic carbocycles. The zero-order valence-corrected chi connectivity index (χ0v) is 18.3. The maximum absolute atomic E-state index is 13.0. The van der Waals surface area contributed by atoms with Gasteiger partial charge in [0.2, 0.25) is 0 Å². The third-order valence-corrected chi connectivity index (χ3v) is 5.22. The fraction of sp³-hybridized carbons (Fsp3) is 0.154. The lowest BCUT2D eigenvalue weighted by Gasteiger charge is -2.16. The quantitative estimate of drug-likeness (QED) is 0.449. The first-order chi connectivity index (χ1) is 15.5. The summed E-state index contributed by atoms with van der Waals surface area (Å²) in [5.41, 5.74) is 5.91. The van der Waals surface area contributed by atoms with Gasteiger partial charge < -0.3 is 20.3 Å². The Bertz CT molecular complexity index is 1180. The van der Waals surface area contributed by atoms with E-state index in [1.54, 1.807) is 18.2 Å². The Morgan fingerprint density at radius 2 is 1.69 bits per heavy atom. The number of carbonyl (C=O) groups is 2. The van der Waals surface area contributed by atoms with Gasteiger partial charge in [-0.15, -0.1) is 0 Å². The van der Waals surface area contributed by atoms with E-state index in [2.05, 4.69) is 27.7 Å². The van der Waals surface area contributed by atoms with Crippen molar-refractivity contribution in [3.8, 4) is 0 Å². The van der Waals surface area contributed by atoms with E-state index in [4.69, 9.17) is 4.74 Å². The molecule has 1 aliphatic rings. The molecule has 3 aromatic rings. The van der Waals surface area contributed by atoms with E-state index in [9.17, 15) is 9.59 Å². The molecule has 0 fully saturated rings. The van der Waals surface area contributed by atoms with Gasteiger partial charge in [0.1, 0.15) is 0 Å². The highest BCUT2D eigenvalue weighted by Crippen LogP contribution is 2.38. The monoisotopic (exact) mass is 427 g/mol. The van der Waals surface area contributed by atoms with Crippen LogP contribution in [0.3, 0.4) is 0 Å². The average Bonchev–Trinajstić information content (AvgIpc) is 3.13. The molecule has 0 saturated heterocycles. The fourth-order valence-corrected chi connectivity index (χ4v) is 3.75. The lowest BCUT2D eigenvalue weighted by atomic mass is 9.99. The maximum Gasteiger partial charge on any atom is 0.337 e. The van der Waals surface area contributed by atoms with E-state index in [-0.39, 0.29) is 5.91 Å². The number of benzene rings is 3. The van der Waals surface area contributed by atoms with Gasteiger partial charge in [-0.3, -0.25) is 4.79 Å². The topological polar surface area (TPSA) is 70.7 Å². The molecule has 0 spiro atoms. The number of hydrogen-bond acceptors (Lipinski definition) is 5. The molecule has 6 nitrogen and oxygen atoms in total. The van der Waals surface area contributed by atoms with Crippen LogP contribution in [0.2, 0.25) is 0 Å². The van der Waals surface area contributed by atoms with Crippen LogP contribution >= 0.6 is 0 Å². The van der Waals surface area contributed by atoms with Crippen LogP contribution in [-0.4, -0.2) is 38.0 Å². The van der Waals surface area contributed by atoms with E-state index in [1.807, 2.05) is 56.6 Å². The molecule has 1 amide bonds. The molecule has 0 radical (unpaired) electrons. The van der Waals surface area contributed by atoms with E-state index >= 15 is 0 Å². The second-order valence-corrected chi connectivity index (χ2v) is 7.88. The molecule has 6 heteroatoms. The van der Waals surface area contributed by atoms with Crippen molar-refractivity contribution in [1.29, 1.82) is 0 Å². The van der Waals surface area contributed by atoms with Crippen LogP contribution in [0.4, 0.5) is 11.4 Å². The second kappa shape index (κ2) is 9.08. The molecule has 0 aromatic heterocycles. The number of hydrogen-bond donors (Lipinski definition) is 2. The minimum atomic E-state index is -0.446. The highest BCUT2D eigenvalue weighted by Gasteiger charge is 2.29. The summed E-state index contributed by atoms with van der Waals surface area (Å²) in [6.07, 6.45) is 0. The van der Waals surface area contributed by atoms with Crippen molar-refractivity contribution in [2.24, 2.45) is 0 Å². The van der Waals surface area contributed by atoms with Gasteiger partial charge in [-0.05, 0) is 49.5 Å². The summed E-state index contributed by atoms with van der Waals surface area (Å²) >= 11 is 0. The predicted molar refractivity (Wildman–Crippen MR) is 127 cm³/mol. The van der Waals surface area contributed by atoms with Crippen LogP contribution in [-0.2, 0) is 16.1 Å². The van der Waals surface area contributed by atoms with Gasteiger partial charge in [0, 0.05) is 17.8 Å². The molecule has 0 unspecified atom stereocenters. The lowest BCUT2D eigenvalue weighted by molar-refractivity contribution is -0.110. The number of esters is 1. The Kier molecular flexibility index (Phi) is 6.05.